The Labute approximate surface area is 141 Å². The van der Waals surface area contributed by atoms with Crippen LogP contribution in [0.1, 0.15) is 13.8 Å². The minimum Gasteiger partial charge on any atom is -0.379 e. The van der Waals surface area contributed by atoms with E-state index in [0.29, 0.717) is 11.8 Å². The third-order valence-electron chi connectivity index (χ3n) is 3.08. The Morgan fingerprint density at radius 1 is 1.20 bits per heavy atom. The van der Waals surface area contributed by atoms with E-state index in [1.54, 1.807) is 13.8 Å². The minimum absolute atomic E-state index is 0.148. The van der Waals surface area contributed by atoms with Gasteiger partial charge in [0.25, 0.3) is 11.5 Å². The number of nitrogens with zero attached hydrogens (tertiary/aromatic N) is 1. The first kappa shape index (κ1) is 20.1. The van der Waals surface area contributed by atoms with Crippen LogP contribution in [0.15, 0.2) is 36.5 Å². The molecule has 0 fully saturated rings. The molecule has 0 aliphatic rings. The van der Waals surface area contributed by atoms with Gasteiger partial charge in [-0.1, -0.05) is 13.8 Å². The number of carbonyl (C=O) groups excluding carboxylic acids is 2. The number of hydrogen-bond donors (Lipinski definition) is 2. The van der Waals surface area contributed by atoms with Gasteiger partial charge in [-0.15, -0.1) is 0 Å². The van der Waals surface area contributed by atoms with Gasteiger partial charge >= 0.3 is 6.18 Å². The zero-order valence-corrected chi connectivity index (χ0v) is 13.3. The number of nitro groups is 1. The summed E-state index contributed by atoms with van der Waals surface area (Å²) in [4.78, 5) is 32.9. The zero-order chi connectivity index (χ0) is 19.2. The van der Waals surface area contributed by atoms with Gasteiger partial charge in [-0.3, -0.25) is 19.7 Å². The Morgan fingerprint density at radius 2 is 1.76 bits per heavy atom. The number of ketones is 1. The number of benzene rings is 1. The Balaban J connectivity index is 2.75. The molecule has 0 radical (unpaired) electrons. The van der Waals surface area contributed by atoms with E-state index >= 15 is 0 Å². The van der Waals surface area contributed by atoms with Crippen LogP contribution in [0.3, 0.4) is 0 Å². The molecule has 1 aromatic rings. The number of nitro benzene ring substituents is 1. The summed E-state index contributed by atoms with van der Waals surface area (Å²) < 4.78 is 36.3. The summed E-state index contributed by atoms with van der Waals surface area (Å²) in [7, 11) is 0. The summed E-state index contributed by atoms with van der Waals surface area (Å²) >= 11 is 0. The number of alkyl halides is 3. The zero-order valence-electron chi connectivity index (χ0n) is 13.3. The number of nitrogens with one attached hydrogen (secondary N) is 2. The van der Waals surface area contributed by atoms with Crippen molar-refractivity contribution in [1.82, 2.24) is 5.32 Å². The van der Waals surface area contributed by atoms with Crippen LogP contribution in [0.5, 0.6) is 0 Å². The molecular formula is C15H16F3N3O4. The summed E-state index contributed by atoms with van der Waals surface area (Å²) in [5.41, 5.74) is 0.142. The van der Waals surface area contributed by atoms with Crippen molar-refractivity contribution in [3.05, 3.63) is 46.7 Å². The molecule has 0 heterocycles. The SMILES string of the molecule is CC(C)C(NC=CC(=O)C(F)(F)F)C(=O)Nc1ccc([N+](=O)[O-])cc1. The molecule has 0 spiro atoms. The van der Waals surface area contributed by atoms with Gasteiger partial charge in [-0.2, -0.15) is 13.2 Å². The molecule has 0 aromatic heterocycles. The molecule has 1 aromatic carbocycles. The number of carbonyl (C=O) groups is 2. The maximum atomic E-state index is 12.2. The second-order valence-corrected chi connectivity index (χ2v) is 5.38. The summed E-state index contributed by atoms with van der Waals surface area (Å²) in [5.74, 6) is -2.91. The van der Waals surface area contributed by atoms with Crippen molar-refractivity contribution >= 4 is 23.1 Å². The average Bonchev–Trinajstić information content (AvgIpc) is 2.50. The van der Waals surface area contributed by atoms with Crippen molar-refractivity contribution < 1.29 is 27.7 Å². The molecule has 1 rings (SSSR count). The van der Waals surface area contributed by atoms with Crippen LogP contribution < -0.4 is 10.6 Å². The number of allylic oxidation sites excluding steroid dienone is 1. The lowest BCUT2D eigenvalue weighted by Gasteiger charge is -2.20. The van der Waals surface area contributed by atoms with E-state index in [1.165, 1.54) is 24.3 Å². The van der Waals surface area contributed by atoms with Crippen molar-refractivity contribution in [1.29, 1.82) is 0 Å². The highest BCUT2D eigenvalue weighted by atomic mass is 19.4. The first-order chi connectivity index (χ1) is 11.5. The lowest BCUT2D eigenvalue weighted by molar-refractivity contribution is -0.384. The summed E-state index contributed by atoms with van der Waals surface area (Å²) in [6.07, 6.45) is -3.91. The highest BCUT2D eigenvalue weighted by molar-refractivity contribution is 5.96. The van der Waals surface area contributed by atoms with Crippen molar-refractivity contribution in [3.63, 3.8) is 0 Å². The molecule has 2 N–H and O–H groups in total. The smallest absolute Gasteiger partial charge is 0.379 e. The molecule has 25 heavy (non-hydrogen) atoms. The molecular weight excluding hydrogens is 343 g/mol. The van der Waals surface area contributed by atoms with Crippen LogP contribution in [0.2, 0.25) is 0 Å². The molecule has 1 unspecified atom stereocenters. The molecule has 0 saturated carbocycles. The van der Waals surface area contributed by atoms with E-state index in [2.05, 4.69) is 10.6 Å². The predicted molar refractivity (Wildman–Crippen MR) is 83.7 cm³/mol. The average molecular weight is 359 g/mol. The Bertz CT molecular complexity index is 670. The van der Waals surface area contributed by atoms with Gasteiger partial charge in [0.15, 0.2) is 0 Å². The molecule has 136 valence electrons. The van der Waals surface area contributed by atoms with Gasteiger partial charge in [0.05, 0.1) is 4.92 Å². The molecule has 7 nitrogen and oxygen atoms in total. The monoisotopic (exact) mass is 359 g/mol. The van der Waals surface area contributed by atoms with Crippen molar-refractivity contribution in [2.75, 3.05) is 5.32 Å². The summed E-state index contributed by atoms with van der Waals surface area (Å²) in [5, 5.41) is 15.5. The second-order valence-electron chi connectivity index (χ2n) is 5.38. The number of hydrogen-bond acceptors (Lipinski definition) is 5. The molecule has 10 heteroatoms. The van der Waals surface area contributed by atoms with Crippen molar-refractivity contribution in [2.45, 2.75) is 26.1 Å². The number of anilines is 1. The Morgan fingerprint density at radius 3 is 2.20 bits per heavy atom. The number of amides is 1. The lowest BCUT2D eigenvalue weighted by Crippen LogP contribution is -2.42. The Hall–Kier alpha value is -2.91. The predicted octanol–water partition coefficient (Wildman–Crippen LogP) is 2.79. The van der Waals surface area contributed by atoms with E-state index in [4.69, 9.17) is 0 Å². The maximum absolute atomic E-state index is 12.2. The molecule has 0 aliphatic heterocycles. The van der Waals surface area contributed by atoms with Crippen LogP contribution >= 0.6 is 0 Å². The third kappa shape index (κ3) is 6.24. The van der Waals surface area contributed by atoms with E-state index in [0.717, 1.165) is 6.20 Å². The summed E-state index contributed by atoms with van der Waals surface area (Å²) in [6, 6.07) is 4.16. The van der Waals surface area contributed by atoms with Gasteiger partial charge in [0, 0.05) is 30.1 Å². The summed E-state index contributed by atoms with van der Waals surface area (Å²) in [6.45, 7) is 3.32. The van der Waals surface area contributed by atoms with Gasteiger partial charge in [-0.05, 0) is 18.1 Å². The number of rotatable bonds is 7. The maximum Gasteiger partial charge on any atom is 0.454 e. The molecule has 0 aliphatic carbocycles. The van der Waals surface area contributed by atoms with Crippen LogP contribution in [0, 0.1) is 16.0 Å². The molecule has 1 amide bonds. The van der Waals surface area contributed by atoms with Crippen LogP contribution in [-0.4, -0.2) is 28.8 Å². The largest absolute Gasteiger partial charge is 0.454 e. The van der Waals surface area contributed by atoms with E-state index in [-0.39, 0.29) is 11.6 Å². The topological polar surface area (TPSA) is 101 Å². The van der Waals surface area contributed by atoms with Gasteiger partial charge in [0.1, 0.15) is 6.04 Å². The van der Waals surface area contributed by atoms with Gasteiger partial charge in [0.2, 0.25) is 5.91 Å². The standard InChI is InChI=1S/C15H16F3N3O4/c1-9(2)13(19-8-7-12(22)15(16,17)18)14(23)20-10-3-5-11(6-4-10)21(24)25/h3-9,13,19H,1-2H3,(H,20,23). The molecule has 0 bridgehead atoms. The van der Waals surface area contributed by atoms with Crippen LogP contribution in [0.4, 0.5) is 24.5 Å². The molecule has 1 atom stereocenters. The van der Waals surface area contributed by atoms with Gasteiger partial charge in [-0.25, -0.2) is 0 Å². The minimum atomic E-state index is -4.98. The quantitative estimate of drug-likeness (QED) is 0.443. The molecule has 0 saturated heterocycles. The fourth-order valence-corrected chi connectivity index (χ4v) is 1.78. The van der Waals surface area contributed by atoms with Crippen LogP contribution in [-0.2, 0) is 9.59 Å². The van der Waals surface area contributed by atoms with Gasteiger partial charge < -0.3 is 10.6 Å². The van der Waals surface area contributed by atoms with Crippen molar-refractivity contribution in [2.24, 2.45) is 5.92 Å². The van der Waals surface area contributed by atoms with E-state index < -0.39 is 28.8 Å². The number of halogens is 3. The first-order valence-electron chi connectivity index (χ1n) is 7.11. The number of non-ortho nitro benzene ring substituents is 1. The van der Waals surface area contributed by atoms with E-state index in [9.17, 15) is 32.9 Å². The van der Waals surface area contributed by atoms with Crippen molar-refractivity contribution in [3.8, 4) is 0 Å². The fraction of sp³-hybridized carbons (Fsp3) is 0.333. The fourth-order valence-electron chi connectivity index (χ4n) is 1.78. The highest BCUT2D eigenvalue weighted by Gasteiger charge is 2.36. The normalized spacial score (nSPS) is 12.9. The Kier molecular flexibility index (Phi) is 6.66. The second kappa shape index (κ2) is 8.27. The van der Waals surface area contributed by atoms with Crippen LogP contribution in [0.25, 0.3) is 0 Å². The third-order valence-corrected chi connectivity index (χ3v) is 3.08. The van der Waals surface area contributed by atoms with E-state index in [1.807, 2.05) is 0 Å². The first-order valence-corrected chi connectivity index (χ1v) is 7.11. The lowest BCUT2D eigenvalue weighted by atomic mass is 10.0. The highest BCUT2D eigenvalue weighted by Crippen LogP contribution is 2.17.